The smallest absolute Gasteiger partial charge is 0.344 e. The zero-order valence-corrected chi connectivity index (χ0v) is 13.2. The van der Waals surface area contributed by atoms with Gasteiger partial charge in [-0.1, -0.05) is 0 Å². The van der Waals surface area contributed by atoms with E-state index in [1.165, 1.54) is 0 Å². The van der Waals surface area contributed by atoms with Gasteiger partial charge in [0, 0.05) is 29.2 Å². The second-order valence-electron chi connectivity index (χ2n) is 5.94. The quantitative estimate of drug-likeness (QED) is 0.738. The van der Waals surface area contributed by atoms with Crippen molar-refractivity contribution in [3.05, 3.63) is 16.7 Å². The monoisotopic (exact) mass is 356 g/mol. The van der Waals surface area contributed by atoms with Crippen LogP contribution in [0, 0.1) is 5.41 Å². The molecule has 1 aromatic heterocycles. The van der Waals surface area contributed by atoms with Crippen molar-refractivity contribution in [2.24, 2.45) is 5.41 Å². The molecule has 2 aliphatic rings. The molecular weight excluding hydrogens is 340 g/mol. The molecule has 1 atom stereocenters. The largest absolute Gasteiger partial charge is 0.478 e. The Bertz CT molecular complexity index is 585. The minimum absolute atomic E-state index is 0.138. The molecule has 0 radical (unpaired) electrons. The molecule has 1 unspecified atom stereocenters. The molecule has 21 heavy (non-hydrogen) atoms. The first-order chi connectivity index (χ1) is 9.85. The van der Waals surface area contributed by atoms with Gasteiger partial charge in [-0.3, -0.25) is 4.90 Å². The second-order valence-corrected chi connectivity index (χ2v) is 6.85. The van der Waals surface area contributed by atoms with Gasteiger partial charge in [0.05, 0.1) is 18.9 Å². The Labute approximate surface area is 130 Å². The number of aliphatic carboxylic acids is 1. The first kappa shape index (κ1) is 14.6. The van der Waals surface area contributed by atoms with E-state index in [2.05, 4.69) is 26.2 Å². The Morgan fingerprint density at radius 1 is 1.62 bits per heavy atom. The van der Waals surface area contributed by atoms with Crippen LogP contribution in [-0.4, -0.2) is 52.9 Å². The van der Waals surface area contributed by atoms with Gasteiger partial charge < -0.3 is 20.9 Å². The summed E-state index contributed by atoms with van der Waals surface area (Å²) < 4.78 is 5.96. The lowest BCUT2D eigenvalue weighted by atomic mass is 9.76. The van der Waals surface area contributed by atoms with E-state index < -0.39 is 11.6 Å². The number of aromatic nitrogens is 1. The lowest BCUT2D eigenvalue weighted by Crippen LogP contribution is -2.74. The van der Waals surface area contributed by atoms with Gasteiger partial charge >= 0.3 is 5.97 Å². The number of pyridine rings is 1. The molecular formula is C13H17BrN4O3. The number of likely N-dealkylation sites (tertiary alicyclic amines) is 1. The van der Waals surface area contributed by atoms with Crippen molar-refractivity contribution in [2.75, 3.05) is 37.4 Å². The zero-order chi connectivity index (χ0) is 15.3. The molecule has 0 saturated carbocycles. The van der Waals surface area contributed by atoms with Gasteiger partial charge in [0.1, 0.15) is 5.82 Å². The number of nitrogens with zero attached hydrogens (tertiary/aromatic N) is 2. The summed E-state index contributed by atoms with van der Waals surface area (Å²) in [6, 6.07) is 1.73. The van der Waals surface area contributed by atoms with Gasteiger partial charge in [0.25, 0.3) is 0 Å². The summed E-state index contributed by atoms with van der Waals surface area (Å²) in [5.41, 5.74) is 5.23. The van der Waals surface area contributed by atoms with E-state index in [1.807, 2.05) is 4.90 Å². The van der Waals surface area contributed by atoms with Crippen molar-refractivity contribution in [3.63, 3.8) is 0 Å². The average Bonchev–Trinajstić information content (AvgIpc) is 2.30. The minimum atomic E-state index is -1.22. The van der Waals surface area contributed by atoms with E-state index in [0.29, 0.717) is 32.0 Å². The van der Waals surface area contributed by atoms with Crippen LogP contribution < -0.4 is 11.1 Å². The van der Waals surface area contributed by atoms with E-state index in [-0.39, 0.29) is 11.2 Å². The molecule has 0 bridgehead atoms. The molecule has 2 saturated heterocycles. The number of anilines is 2. The Kier molecular flexibility index (Phi) is 3.34. The molecule has 114 valence electrons. The number of ether oxygens (including phenoxy) is 1. The summed E-state index contributed by atoms with van der Waals surface area (Å²) in [7, 11) is 0. The standard InChI is InChI=1S/C13H17BrN4O3/c1-12(11(19)20,18-4-13(5-18)6-21-7-13)17-9-2-8(14)3-16-10(9)15/h2-3,17H,4-7H2,1H3,(H2,15,16)(H,19,20). The fraction of sp³-hybridized carbons (Fsp3) is 0.538. The Morgan fingerprint density at radius 3 is 2.81 bits per heavy atom. The Morgan fingerprint density at radius 2 is 2.29 bits per heavy atom. The predicted molar refractivity (Wildman–Crippen MR) is 80.8 cm³/mol. The number of carbonyl (C=O) groups is 1. The van der Waals surface area contributed by atoms with Gasteiger partial charge in [-0.25, -0.2) is 9.78 Å². The van der Waals surface area contributed by atoms with E-state index in [1.54, 1.807) is 19.2 Å². The van der Waals surface area contributed by atoms with Crippen molar-refractivity contribution in [1.29, 1.82) is 0 Å². The lowest BCUT2D eigenvalue weighted by Gasteiger charge is -2.59. The lowest BCUT2D eigenvalue weighted by molar-refractivity contribution is -0.212. The number of halogens is 1. The van der Waals surface area contributed by atoms with Crippen LogP contribution in [0.4, 0.5) is 11.5 Å². The maximum atomic E-state index is 11.8. The number of nitrogen functional groups attached to an aromatic ring is 1. The molecule has 2 fully saturated rings. The molecule has 0 aliphatic carbocycles. The number of nitrogens with one attached hydrogen (secondary N) is 1. The Balaban J connectivity index is 1.81. The summed E-state index contributed by atoms with van der Waals surface area (Å²) in [4.78, 5) is 17.7. The molecule has 3 heterocycles. The van der Waals surface area contributed by atoms with Crippen LogP contribution in [-0.2, 0) is 9.53 Å². The number of nitrogens with two attached hydrogens (primary N) is 1. The highest BCUT2D eigenvalue weighted by Crippen LogP contribution is 2.42. The third-order valence-corrected chi connectivity index (χ3v) is 4.61. The van der Waals surface area contributed by atoms with Crippen molar-refractivity contribution < 1.29 is 14.6 Å². The van der Waals surface area contributed by atoms with Crippen molar-refractivity contribution in [2.45, 2.75) is 12.6 Å². The van der Waals surface area contributed by atoms with Gasteiger partial charge in [0.2, 0.25) is 0 Å². The molecule has 8 heteroatoms. The van der Waals surface area contributed by atoms with E-state index in [4.69, 9.17) is 10.5 Å². The zero-order valence-electron chi connectivity index (χ0n) is 11.6. The minimum Gasteiger partial charge on any atom is -0.478 e. The van der Waals surface area contributed by atoms with E-state index in [9.17, 15) is 9.90 Å². The summed E-state index contributed by atoms with van der Waals surface area (Å²) in [6.45, 7) is 4.45. The summed E-state index contributed by atoms with van der Waals surface area (Å²) in [6.07, 6.45) is 1.57. The maximum Gasteiger partial charge on any atom is 0.344 e. The van der Waals surface area contributed by atoms with Crippen LogP contribution >= 0.6 is 15.9 Å². The van der Waals surface area contributed by atoms with Crippen LogP contribution in [0.25, 0.3) is 0 Å². The fourth-order valence-corrected chi connectivity index (χ4v) is 3.06. The van der Waals surface area contributed by atoms with Gasteiger partial charge in [-0.2, -0.15) is 0 Å². The van der Waals surface area contributed by atoms with Crippen molar-refractivity contribution in [1.82, 2.24) is 9.88 Å². The number of hydrogen-bond acceptors (Lipinski definition) is 6. The highest BCUT2D eigenvalue weighted by Gasteiger charge is 2.56. The van der Waals surface area contributed by atoms with E-state index in [0.717, 1.165) is 4.47 Å². The van der Waals surface area contributed by atoms with Crippen LogP contribution in [0.3, 0.4) is 0 Å². The first-order valence-corrected chi connectivity index (χ1v) is 7.39. The SMILES string of the molecule is CC(Nc1cc(Br)cnc1N)(C(=O)O)N1CC2(COC2)C1. The Hall–Kier alpha value is -1.38. The molecule has 0 aromatic carbocycles. The molecule has 7 nitrogen and oxygen atoms in total. The molecule has 3 rings (SSSR count). The van der Waals surface area contributed by atoms with Crippen LogP contribution in [0.1, 0.15) is 6.92 Å². The third kappa shape index (κ3) is 2.37. The second kappa shape index (κ2) is 4.82. The highest BCUT2D eigenvalue weighted by molar-refractivity contribution is 9.10. The summed E-state index contributed by atoms with van der Waals surface area (Å²) in [5.74, 6) is -0.676. The van der Waals surface area contributed by atoms with Crippen LogP contribution in [0.2, 0.25) is 0 Å². The molecule has 4 N–H and O–H groups in total. The normalized spacial score (nSPS) is 23.0. The van der Waals surface area contributed by atoms with Gasteiger partial charge in [0.15, 0.2) is 5.66 Å². The fourth-order valence-electron chi connectivity index (χ4n) is 2.73. The average molecular weight is 357 g/mol. The van der Waals surface area contributed by atoms with Gasteiger partial charge in [-0.05, 0) is 28.9 Å². The predicted octanol–water partition coefficient (Wildman–Crippen LogP) is 0.971. The van der Waals surface area contributed by atoms with E-state index >= 15 is 0 Å². The molecule has 1 spiro atoms. The van der Waals surface area contributed by atoms with Crippen molar-refractivity contribution >= 4 is 33.4 Å². The van der Waals surface area contributed by atoms with Crippen molar-refractivity contribution in [3.8, 4) is 0 Å². The number of rotatable bonds is 4. The van der Waals surface area contributed by atoms with Gasteiger partial charge in [-0.15, -0.1) is 0 Å². The molecule has 0 amide bonds. The first-order valence-electron chi connectivity index (χ1n) is 6.60. The number of hydrogen-bond donors (Lipinski definition) is 3. The maximum absolute atomic E-state index is 11.8. The highest BCUT2D eigenvalue weighted by atomic mass is 79.9. The number of carboxylic acid groups (broad SMARTS) is 1. The molecule has 2 aliphatic heterocycles. The summed E-state index contributed by atoms with van der Waals surface area (Å²) >= 11 is 3.31. The molecule has 1 aromatic rings. The topological polar surface area (TPSA) is 101 Å². The van der Waals surface area contributed by atoms with Crippen LogP contribution in [0.15, 0.2) is 16.7 Å². The summed E-state index contributed by atoms with van der Waals surface area (Å²) in [5, 5.41) is 12.7. The third-order valence-electron chi connectivity index (χ3n) is 4.18. The van der Waals surface area contributed by atoms with Crippen LogP contribution in [0.5, 0.6) is 0 Å². The number of carboxylic acids is 1.